The van der Waals surface area contributed by atoms with Crippen LogP contribution in [0.2, 0.25) is 0 Å². The maximum Gasteiger partial charge on any atom is 0.416 e. The van der Waals surface area contributed by atoms with Crippen molar-refractivity contribution in [2.75, 3.05) is 7.11 Å². The van der Waals surface area contributed by atoms with Gasteiger partial charge in [0.1, 0.15) is 11.6 Å². The van der Waals surface area contributed by atoms with Gasteiger partial charge in [0.05, 0.1) is 12.7 Å². The van der Waals surface area contributed by atoms with E-state index < -0.39 is 11.7 Å². The number of benzene rings is 2. The lowest BCUT2D eigenvalue weighted by molar-refractivity contribution is -0.137. The third kappa shape index (κ3) is 4.21. The molecule has 2 aromatic carbocycles. The van der Waals surface area contributed by atoms with Crippen molar-refractivity contribution in [2.24, 2.45) is 0 Å². The molecule has 0 unspecified atom stereocenters. The van der Waals surface area contributed by atoms with Crippen LogP contribution < -0.4 is 10.1 Å². The number of ether oxygens (including phenoxy) is 1. The Morgan fingerprint density at radius 3 is 2.27 bits per heavy atom. The van der Waals surface area contributed by atoms with Crippen LogP contribution in [0.15, 0.2) is 42.5 Å². The van der Waals surface area contributed by atoms with E-state index in [2.05, 4.69) is 5.32 Å². The van der Waals surface area contributed by atoms with Gasteiger partial charge in [-0.15, -0.1) is 0 Å². The van der Waals surface area contributed by atoms with E-state index in [1.54, 1.807) is 0 Å². The minimum atomic E-state index is -4.33. The fraction of sp³-hybridized carbons (Fsp3) is 0.250. The Morgan fingerprint density at radius 1 is 1.00 bits per heavy atom. The summed E-state index contributed by atoms with van der Waals surface area (Å²) < 4.78 is 55.7. The lowest BCUT2D eigenvalue weighted by Gasteiger charge is -2.11. The summed E-state index contributed by atoms with van der Waals surface area (Å²) in [6.07, 6.45) is -4.33. The number of halogens is 4. The summed E-state index contributed by atoms with van der Waals surface area (Å²) in [5, 5.41) is 3.05. The van der Waals surface area contributed by atoms with Crippen molar-refractivity contribution in [2.45, 2.75) is 19.3 Å². The number of methoxy groups -OCH3 is 1. The van der Waals surface area contributed by atoms with Crippen molar-refractivity contribution in [1.82, 2.24) is 5.32 Å². The van der Waals surface area contributed by atoms with Crippen molar-refractivity contribution in [1.29, 1.82) is 0 Å². The second-order valence-corrected chi connectivity index (χ2v) is 4.75. The fourth-order valence-corrected chi connectivity index (χ4v) is 2.04. The zero-order valence-corrected chi connectivity index (χ0v) is 11.9. The van der Waals surface area contributed by atoms with Crippen LogP contribution in [0.1, 0.15) is 16.7 Å². The zero-order valence-electron chi connectivity index (χ0n) is 11.9. The summed E-state index contributed by atoms with van der Waals surface area (Å²) in [5.74, 6) is 0.188. The highest BCUT2D eigenvalue weighted by molar-refractivity contribution is 5.34. The molecule has 0 amide bonds. The van der Waals surface area contributed by atoms with E-state index in [-0.39, 0.29) is 5.82 Å². The van der Waals surface area contributed by atoms with E-state index in [9.17, 15) is 17.6 Å². The van der Waals surface area contributed by atoms with Crippen LogP contribution >= 0.6 is 0 Å². The normalized spacial score (nSPS) is 11.5. The molecule has 0 fully saturated rings. The fourth-order valence-electron chi connectivity index (χ4n) is 2.04. The van der Waals surface area contributed by atoms with Gasteiger partial charge in [0.2, 0.25) is 0 Å². The predicted octanol–water partition coefficient (Wildman–Crippen LogP) is 4.14. The first-order chi connectivity index (χ1) is 10.4. The zero-order chi connectivity index (χ0) is 16.2. The van der Waals surface area contributed by atoms with E-state index in [0.717, 1.165) is 12.1 Å². The molecule has 118 valence electrons. The van der Waals surface area contributed by atoms with Gasteiger partial charge in [0.25, 0.3) is 0 Å². The van der Waals surface area contributed by atoms with Crippen LogP contribution in [-0.2, 0) is 19.3 Å². The number of hydrogen-bond acceptors (Lipinski definition) is 2. The summed E-state index contributed by atoms with van der Waals surface area (Å²) in [6, 6.07) is 9.11. The number of nitrogens with one attached hydrogen (secondary N) is 1. The van der Waals surface area contributed by atoms with E-state index >= 15 is 0 Å². The van der Waals surface area contributed by atoms with Crippen LogP contribution in [0.4, 0.5) is 17.6 Å². The van der Waals surface area contributed by atoms with Crippen molar-refractivity contribution in [3.05, 3.63) is 65.0 Å². The minimum absolute atomic E-state index is 0.349. The summed E-state index contributed by atoms with van der Waals surface area (Å²) in [7, 11) is 1.49. The van der Waals surface area contributed by atoms with Crippen molar-refractivity contribution < 1.29 is 22.3 Å². The molecule has 1 N–H and O–H groups in total. The molecule has 2 rings (SSSR count). The van der Waals surface area contributed by atoms with E-state index in [1.165, 1.54) is 37.4 Å². The first-order valence-electron chi connectivity index (χ1n) is 6.59. The Balaban J connectivity index is 1.95. The molecule has 2 aromatic rings. The van der Waals surface area contributed by atoms with E-state index in [0.29, 0.717) is 30.0 Å². The van der Waals surface area contributed by atoms with Gasteiger partial charge in [-0.1, -0.05) is 12.1 Å². The van der Waals surface area contributed by atoms with Gasteiger partial charge in [-0.05, 0) is 35.9 Å². The standard InChI is InChI=1S/C16H15F4NO/c1-22-15-7-6-14(17)8-12(15)10-21-9-11-2-4-13(5-3-11)16(18,19)20/h2-8,21H,9-10H2,1H3. The van der Waals surface area contributed by atoms with Crippen LogP contribution in [0.3, 0.4) is 0 Å². The maximum atomic E-state index is 13.2. The average Bonchev–Trinajstić information content (AvgIpc) is 2.47. The highest BCUT2D eigenvalue weighted by atomic mass is 19.4. The molecule has 0 spiro atoms. The largest absolute Gasteiger partial charge is 0.496 e. The van der Waals surface area contributed by atoms with Gasteiger partial charge in [-0.3, -0.25) is 0 Å². The molecule has 0 aliphatic heterocycles. The topological polar surface area (TPSA) is 21.3 Å². The quantitative estimate of drug-likeness (QED) is 0.838. The summed E-state index contributed by atoms with van der Waals surface area (Å²) in [4.78, 5) is 0. The van der Waals surface area contributed by atoms with Crippen molar-refractivity contribution in [3.8, 4) is 5.75 Å². The second-order valence-electron chi connectivity index (χ2n) is 4.75. The van der Waals surface area contributed by atoms with Gasteiger partial charge in [0.15, 0.2) is 0 Å². The molecule has 0 saturated heterocycles. The summed E-state index contributed by atoms with van der Waals surface area (Å²) >= 11 is 0. The molecule has 0 aliphatic rings. The smallest absolute Gasteiger partial charge is 0.416 e. The maximum absolute atomic E-state index is 13.2. The van der Waals surface area contributed by atoms with Gasteiger partial charge in [0, 0.05) is 18.7 Å². The van der Waals surface area contributed by atoms with Crippen molar-refractivity contribution in [3.63, 3.8) is 0 Å². The lowest BCUT2D eigenvalue weighted by Crippen LogP contribution is -2.14. The molecule has 0 radical (unpaired) electrons. The highest BCUT2D eigenvalue weighted by Crippen LogP contribution is 2.29. The Hall–Kier alpha value is -2.08. The summed E-state index contributed by atoms with van der Waals surface area (Å²) in [6.45, 7) is 0.722. The van der Waals surface area contributed by atoms with Crippen LogP contribution in [0.5, 0.6) is 5.75 Å². The van der Waals surface area contributed by atoms with Crippen LogP contribution in [-0.4, -0.2) is 7.11 Å². The first kappa shape index (κ1) is 16.3. The minimum Gasteiger partial charge on any atom is -0.496 e. The van der Waals surface area contributed by atoms with Gasteiger partial charge >= 0.3 is 6.18 Å². The highest BCUT2D eigenvalue weighted by Gasteiger charge is 2.29. The Bertz CT molecular complexity index is 623. The molecule has 0 bridgehead atoms. The van der Waals surface area contributed by atoms with Crippen LogP contribution in [0.25, 0.3) is 0 Å². The Labute approximate surface area is 125 Å². The predicted molar refractivity (Wildman–Crippen MR) is 74.9 cm³/mol. The number of hydrogen-bond donors (Lipinski definition) is 1. The Morgan fingerprint density at radius 2 is 1.68 bits per heavy atom. The molecule has 0 aromatic heterocycles. The SMILES string of the molecule is COc1ccc(F)cc1CNCc1ccc(C(F)(F)F)cc1. The Kier molecular flexibility index (Phi) is 5.03. The van der Waals surface area contributed by atoms with Crippen LogP contribution in [0, 0.1) is 5.82 Å². The molecule has 2 nitrogen and oxygen atoms in total. The number of alkyl halides is 3. The van der Waals surface area contributed by atoms with Gasteiger partial charge in [-0.25, -0.2) is 4.39 Å². The third-order valence-corrected chi connectivity index (χ3v) is 3.17. The third-order valence-electron chi connectivity index (χ3n) is 3.17. The molecular formula is C16H15F4NO. The molecule has 22 heavy (non-hydrogen) atoms. The molecular weight excluding hydrogens is 298 g/mol. The van der Waals surface area contributed by atoms with E-state index in [1.807, 2.05) is 0 Å². The monoisotopic (exact) mass is 313 g/mol. The molecule has 0 atom stereocenters. The van der Waals surface area contributed by atoms with Gasteiger partial charge < -0.3 is 10.1 Å². The van der Waals surface area contributed by atoms with Crippen molar-refractivity contribution >= 4 is 0 Å². The van der Waals surface area contributed by atoms with E-state index in [4.69, 9.17) is 4.74 Å². The lowest BCUT2D eigenvalue weighted by atomic mass is 10.1. The molecule has 6 heteroatoms. The summed E-state index contributed by atoms with van der Waals surface area (Å²) in [5.41, 5.74) is 0.681. The van der Waals surface area contributed by atoms with Gasteiger partial charge in [-0.2, -0.15) is 13.2 Å². The second kappa shape index (κ2) is 6.79. The number of rotatable bonds is 5. The molecule has 0 aliphatic carbocycles. The average molecular weight is 313 g/mol. The first-order valence-corrected chi connectivity index (χ1v) is 6.59. The molecule has 0 saturated carbocycles. The molecule has 0 heterocycles.